The fourth-order valence-corrected chi connectivity index (χ4v) is 3.70. The third-order valence-corrected chi connectivity index (χ3v) is 5.04. The molecule has 0 radical (unpaired) electrons. The van der Waals surface area contributed by atoms with Crippen LogP contribution < -0.4 is 4.74 Å². The van der Waals surface area contributed by atoms with Crippen molar-refractivity contribution in [1.82, 2.24) is 9.96 Å². The molecule has 0 saturated carbocycles. The van der Waals surface area contributed by atoms with Crippen LogP contribution in [0.15, 0.2) is 24.3 Å². The Morgan fingerprint density at radius 1 is 1.26 bits per heavy atom. The molecule has 2 saturated heterocycles. The van der Waals surface area contributed by atoms with Gasteiger partial charge in [-0.15, -0.1) is 0 Å². The second-order valence-corrected chi connectivity index (χ2v) is 7.60. The normalized spacial score (nSPS) is 20.9. The quantitative estimate of drug-likeness (QED) is 0.687. The lowest BCUT2D eigenvalue weighted by molar-refractivity contribution is -0.139. The van der Waals surface area contributed by atoms with Gasteiger partial charge >= 0.3 is 0 Å². The summed E-state index contributed by atoms with van der Waals surface area (Å²) in [6, 6.07) is 7.37. The highest BCUT2D eigenvalue weighted by atomic mass is 16.7. The standard InChI is InChI=1S/C21H30N2O4/c1-16(2)27-19-8-3-6-17(14-19)21(25)18-7-4-10-22(15-18)20(24)9-12-23-11-5-13-26-23/h3,6,8,14,16,18H,4-5,7,9-13,15H2,1-2H3/t18-/m1/s1. The maximum atomic E-state index is 13.0. The van der Waals surface area contributed by atoms with Crippen LogP contribution in [0.5, 0.6) is 5.75 Å². The maximum absolute atomic E-state index is 13.0. The Labute approximate surface area is 161 Å². The Morgan fingerprint density at radius 2 is 2.11 bits per heavy atom. The number of hydroxylamine groups is 2. The van der Waals surface area contributed by atoms with Crippen molar-refractivity contribution >= 4 is 11.7 Å². The molecule has 0 aromatic heterocycles. The van der Waals surface area contributed by atoms with Crippen LogP contribution in [0, 0.1) is 5.92 Å². The third kappa shape index (κ3) is 5.53. The van der Waals surface area contributed by atoms with Crippen molar-refractivity contribution in [3.8, 4) is 5.75 Å². The summed E-state index contributed by atoms with van der Waals surface area (Å²) in [5.41, 5.74) is 0.665. The molecular weight excluding hydrogens is 344 g/mol. The number of rotatable bonds is 7. The molecule has 1 atom stereocenters. The number of piperidine rings is 1. The number of Topliss-reactive ketones (excluding diaryl/α,β-unsaturated/α-hetero) is 1. The molecule has 1 aromatic rings. The highest BCUT2D eigenvalue weighted by molar-refractivity contribution is 5.98. The van der Waals surface area contributed by atoms with Gasteiger partial charge in [-0.25, -0.2) is 0 Å². The average molecular weight is 374 g/mol. The predicted octanol–water partition coefficient (Wildman–Crippen LogP) is 2.92. The molecule has 6 heteroatoms. The molecule has 0 aliphatic carbocycles. The number of ketones is 1. The molecule has 0 N–H and O–H groups in total. The Bertz CT molecular complexity index is 655. The summed E-state index contributed by atoms with van der Waals surface area (Å²) in [6.45, 7) is 7.44. The zero-order valence-electron chi connectivity index (χ0n) is 16.4. The van der Waals surface area contributed by atoms with Gasteiger partial charge in [0, 0.05) is 44.1 Å². The van der Waals surface area contributed by atoms with Crippen molar-refractivity contribution in [2.75, 3.05) is 32.8 Å². The first-order valence-corrected chi connectivity index (χ1v) is 9.99. The number of carbonyl (C=O) groups is 2. The largest absolute Gasteiger partial charge is 0.491 e. The molecule has 0 unspecified atom stereocenters. The number of benzene rings is 1. The van der Waals surface area contributed by atoms with Crippen LogP contribution in [0.3, 0.4) is 0 Å². The number of carbonyl (C=O) groups excluding carboxylic acids is 2. The lowest BCUT2D eigenvalue weighted by Crippen LogP contribution is -2.43. The fraction of sp³-hybridized carbons (Fsp3) is 0.619. The van der Waals surface area contributed by atoms with Gasteiger partial charge in [0.1, 0.15) is 5.75 Å². The first kappa shape index (κ1) is 19.8. The molecule has 0 bridgehead atoms. The van der Waals surface area contributed by atoms with Crippen molar-refractivity contribution in [2.45, 2.75) is 45.6 Å². The minimum absolute atomic E-state index is 0.0673. The van der Waals surface area contributed by atoms with Gasteiger partial charge in [0.05, 0.1) is 12.7 Å². The minimum atomic E-state index is -0.139. The summed E-state index contributed by atoms with van der Waals surface area (Å²) < 4.78 is 5.70. The molecule has 3 rings (SSSR count). The highest BCUT2D eigenvalue weighted by Gasteiger charge is 2.29. The summed E-state index contributed by atoms with van der Waals surface area (Å²) in [5, 5.41) is 1.87. The number of amides is 1. The second kappa shape index (κ2) is 9.33. The zero-order valence-corrected chi connectivity index (χ0v) is 16.4. The smallest absolute Gasteiger partial charge is 0.223 e. The van der Waals surface area contributed by atoms with Crippen LogP contribution in [0.1, 0.15) is 49.9 Å². The van der Waals surface area contributed by atoms with E-state index in [4.69, 9.17) is 9.57 Å². The summed E-state index contributed by atoms with van der Waals surface area (Å²) in [4.78, 5) is 32.8. The van der Waals surface area contributed by atoms with Crippen molar-refractivity contribution in [1.29, 1.82) is 0 Å². The Morgan fingerprint density at radius 3 is 2.85 bits per heavy atom. The third-order valence-electron chi connectivity index (χ3n) is 5.04. The maximum Gasteiger partial charge on any atom is 0.223 e. The van der Waals surface area contributed by atoms with Gasteiger partial charge in [-0.1, -0.05) is 12.1 Å². The van der Waals surface area contributed by atoms with E-state index in [9.17, 15) is 9.59 Å². The van der Waals surface area contributed by atoms with E-state index in [-0.39, 0.29) is 23.7 Å². The van der Waals surface area contributed by atoms with Gasteiger partial charge in [-0.2, -0.15) is 5.06 Å². The summed E-state index contributed by atoms with van der Waals surface area (Å²) in [6.07, 6.45) is 3.22. The van der Waals surface area contributed by atoms with Gasteiger partial charge in [0.25, 0.3) is 0 Å². The van der Waals surface area contributed by atoms with Crippen LogP contribution in [0.4, 0.5) is 0 Å². The Hall–Kier alpha value is -1.92. The molecule has 27 heavy (non-hydrogen) atoms. The topological polar surface area (TPSA) is 59.1 Å². The van der Waals surface area contributed by atoms with Crippen LogP contribution >= 0.6 is 0 Å². The molecule has 6 nitrogen and oxygen atoms in total. The monoisotopic (exact) mass is 374 g/mol. The van der Waals surface area contributed by atoms with Gasteiger partial charge in [-0.3, -0.25) is 14.4 Å². The van der Waals surface area contributed by atoms with E-state index in [1.165, 1.54) is 0 Å². The lowest BCUT2D eigenvalue weighted by Gasteiger charge is -2.32. The molecule has 2 aliphatic rings. The number of ether oxygens (including phenoxy) is 1. The van der Waals surface area contributed by atoms with Gasteiger partial charge in [0.2, 0.25) is 5.91 Å². The fourth-order valence-electron chi connectivity index (χ4n) is 3.70. The average Bonchev–Trinajstić information content (AvgIpc) is 3.19. The molecule has 1 aromatic carbocycles. The molecule has 2 aliphatic heterocycles. The summed E-state index contributed by atoms with van der Waals surface area (Å²) >= 11 is 0. The van der Waals surface area contributed by atoms with Crippen molar-refractivity contribution in [3.63, 3.8) is 0 Å². The van der Waals surface area contributed by atoms with Crippen molar-refractivity contribution in [2.24, 2.45) is 5.92 Å². The Kier molecular flexibility index (Phi) is 6.85. The van der Waals surface area contributed by atoms with Crippen LogP contribution in [-0.2, 0) is 9.63 Å². The molecule has 1 amide bonds. The van der Waals surface area contributed by atoms with Crippen molar-refractivity contribution in [3.05, 3.63) is 29.8 Å². The minimum Gasteiger partial charge on any atom is -0.491 e. The molecule has 148 valence electrons. The van der Waals surface area contributed by atoms with Crippen LogP contribution in [-0.4, -0.2) is 60.5 Å². The first-order valence-electron chi connectivity index (χ1n) is 9.99. The van der Waals surface area contributed by atoms with E-state index in [1.807, 2.05) is 48.1 Å². The number of nitrogens with zero attached hydrogens (tertiary/aromatic N) is 2. The number of hydrogen-bond acceptors (Lipinski definition) is 5. The van der Waals surface area contributed by atoms with Gasteiger partial charge < -0.3 is 9.64 Å². The molecule has 2 heterocycles. The highest BCUT2D eigenvalue weighted by Crippen LogP contribution is 2.24. The van der Waals surface area contributed by atoms with E-state index in [0.29, 0.717) is 30.8 Å². The van der Waals surface area contributed by atoms with E-state index in [2.05, 4.69) is 0 Å². The number of hydrogen-bond donors (Lipinski definition) is 0. The van der Waals surface area contributed by atoms with E-state index in [0.717, 1.165) is 39.0 Å². The second-order valence-electron chi connectivity index (χ2n) is 7.60. The van der Waals surface area contributed by atoms with Gasteiger partial charge in [-0.05, 0) is 45.2 Å². The van der Waals surface area contributed by atoms with E-state index >= 15 is 0 Å². The zero-order chi connectivity index (χ0) is 19.2. The summed E-state index contributed by atoms with van der Waals surface area (Å²) in [7, 11) is 0. The first-order chi connectivity index (χ1) is 13.0. The van der Waals surface area contributed by atoms with E-state index < -0.39 is 0 Å². The summed E-state index contributed by atoms with van der Waals surface area (Å²) in [5.74, 6) is 0.787. The predicted molar refractivity (Wildman–Crippen MR) is 103 cm³/mol. The molecule has 0 spiro atoms. The number of likely N-dealkylation sites (tertiary alicyclic amines) is 1. The van der Waals surface area contributed by atoms with Crippen LogP contribution in [0.25, 0.3) is 0 Å². The SMILES string of the molecule is CC(C)Oc1cccc(C(=O)[C@@H]2CCCN(C(=O)CCN3CCCO3)C2)c1. The van der Waals surface area contributed by atoms with Gasteiger partial charge in [0.15, 0.2) is 5.78 Å². The lowest BCUT2D eigenvalue weighted by atomic mass is 9.89. The molecule has 2 fully saturated rings. The van der Waals surface area contributed by atoms with Crippen LogP contribution in [0.2, 0.25) is 0 Å². The van der Waals surface area contributed by atoms with E-state index in [1.54, 1.807) is 0 Å². The molecular formula is C21H30N2O4. The Balaban J connectivity index is 1.56. The van der Waals surface area contributed by atoms with Crippen molar-refractivity contribution < 1.29 is 19.2 Å².